The number of nitrogens with zero attached hydrogens (tertiary/aromatic N) is 2. The van der Waals surface area contributed by atoms with Crippen LogP contribution in [0, 0.1) is 0 Å². The van der Waals surface area contributed by atoms with E-state index in [4.69, 9.17) is 9.84 Å². The number of anilines is 1. The second-order valence-electron chi connectivity index (χ2n) is 4.00. The van der Waals surface area contributed by atoms with Gasteiger partial charge in [0.15, 0.2) is 11.5 Å². The molecule has 2 rings (SSSR count). The number of carbonyl (C=O) groups is 2. The molecule has 0 saturated carbocycles. The predicted octanol–water partition coefficient (Wildman–Crippen LogP) is 1.54. The molecule has 0 radical (unpaired) electrons. The van der Waals surface area contributed by atoms with E-state index in [2.05, 4.69) is 10.3 Å². The minimum absolute atomic E-state index is 0.121. The van der Waals surface area contributed by atoms with Crippen LogP contribution < -0.4 is 10.1 Å². The number of imidazole rings is 1. The van der Waals surface area contributed by atoms with Crippen LogP contribution in [0.15, 0.2) is 30.6 Å². The highest BCUT2D eigenvalue weighted by molar-refractivity contribution is 5.97. The van der Waals surface area contributed by atoms with Gasteiger partial charge in [-0.25, -0.2) is 9.78 Å². The molecule has 0 aliphatic rings. The van der Waals surface area contributed by atoms with E-state index in [1.807, 2.05) is 0 Å². The zero-order chi connectivity index (χ0) is 14.7. The first-order valence-corrected chi connectivity index (χ1v) is 5.75. The molecule has 0 aliphatic carbocycles. The molecular formula is C13H13N3O4. The topological polar surface area (TPSA) is 93.5 Å². The highest BCUT2D eigenvalue weighted by Gasteiger charge is 2.19. The third-order valence-electron chi connectivity index (χ3n) is 2.62. The van der Waals surface area contributed by atoms with Crippen molar-refractivity contribution in [2.24, 2.45) is 0 Å². The molecular weight excluding hydrogens is 262 g/mol. The van der Waals surface area contributed by atoms with E-state index in [-0.39, 0.29) is 17.4 Å². The van der Waals surface area contributed by atoms with Crippen LogP contribution in [-0.2, 0) is 4.79 Å². The summed E-state index contributed by atoms with van der Waals surface area (Å²) in [4.78, 5) is 26.1. The molecule has 7 heteroatoms. The number of hydrogen-bond donors (Lipinski definition) is 2. The average Bonchev–Trinajstić information content (AvgIpc) is 2.82. The van der Waals surface area contributed by atoms with E-state index in [1.165, 1.54) is 17.8 Å². The summed E-state index contributed by atoms with van der Waals surface area (Å²) in [6.45, 7) is 1.30. The fourth-order valence-corrected chi connectivity index (χ4v) is 1.73. The zero-order valence-corrected chi connectivity index (χ0v) is 11.0. The van der Waals surface area contributed by atoms with Crippen LogP contribution in [0.4, 0.5) is 5.82 Å². The number of rotatable bonds is 4. The molecule has 0 aliphatic heterocycles. The largest absolute Gasteiger partial charge is 0.497 e. The summed E-state index contributed by atoms with van der Waals surface area (Å²) in [5, 5.41) is 11.6. The number of carbonyl (C=O) groups excluding carboxylic acids is 1. The second-order valence-corrected chi connectivity index (χ2v) is 4.00. The summed E-state index contributed by atoms with van der Waals surface area (Å²) >= 11 is 0. The number of benzene rings is 1. The molecule has 1 amide bonds. The van der Waals surface area contributed by atoms with E-state index >= 15 is 0 Å². The highest BCUT2D eigenvalue weighted by Crippen LogP contribution is 2.22. The lowest BCUT2D eigenvalue weighted by Gasteiger charge is -2.09. The van der Waals surface area contributed by atoms with Crippen LogP contribution in [-0.4, -0.2) is 33.6 Å². The predicted molar refractivity (Wildman–Crippen MR) is 71.4 cm³/mol. The molecule has 0 bridgehead atoms. The highest BCUT2D eigenvalue weighted by atomic mass is 16.5. The lowest BCUT2D eigenvalue weighted by Crippen LogP contribution is -2.13. The van der Waals surface area contributed by atoms with E-state index in [9.17, 15) is 9.59 Å². The molecule has 0 spiro atoms. The Kier molecular flexibility index (Phi) is 3.69. The minimum Gasteiger partial charge on any atom is -0.497 e. The van der Waals surface area contributed by atoms with Gasteiger partial charge < -0.3 is 15.2 Å². The second kappa shape index (κ2) is 5.43. The Balaban J connectivity index is 2.49. The Morgan fingerprint density at radius 2 is 1.95 bits per heavy atom. The molecule has 0 fully saturated rings. The van der Waals surface area contributed by atoms with Gasteiger partial charge in [0, 0.05) is 12.6 Å². The summed E-state index contributed by atoms with van der Waals surface area (Å²) in [5.74, 6) is -0.785. The molecule has 20 heavy (non-hydrogen) atoms. The monoisotopic (exact) mass is 275 g/mol. The van der Waals surface area contributed by atoms with E-state index < -0.39 is 5.97 Å². The number of amides is 1. The molecule has 1 aromatic carbocycles. The minimum atomic E-state index is -1.21. The van der Waals surface area contributed by atoms with Crippen LogP contribution >= 0.6 is 0 Å². The number of methoxy groups -OCH3 is 1. The Bertz CT molecular complexity index is 646. The van der Waals surface area contributed by atoms with Crippen molar-refractivity contribution in [1.29, 1.82) is 0 Å². The van der Waals surface area contributed by atoms with Crippen LogP contribution in [0.25, 0.3) is 5.69 Å². The number of aromatic carboxylic acids is 1. The van der Waals surface area contributed by atoms with Crippen LogP contribution in [0.3, 0.4) is 0 Å². The molecule has 0 unspecified atom stereocenters. The molecule has 2 N–H and O–H groups in total. The van der Waals surface area contributed by atoms with Crippen LogP contribution in [0.5, 0.6) is 5.75 Å². The number of carboxylic acid groups (broad SMARTS) is 1. The summed E-state index contributed by atoms with van der Waals surface area (Å²) in [5.41, 5.74) is 0.450. The standard InChI is InChI=1S/C13H13N3O4/c1-8(17)15-12-11(13(18)19)14-7-16(12)9-3-5-10(20-2)6-4-9/h3-7H,1-2H3,(H,15,17)(H,18,19). The summed E-state index contributed by atoms with van der Waals surface area (Å²) < 4.78 is 6.54. The van der Waals surface area contributed by atoms with E-state index in [1.54, 1.807) is 31.4 Å². The van der Waals surface area contributed by atoms with Gasteiger partial charge in [-0.15, -0.1) is 0 Å². The molecule has 2 aromatic rings. The van der Waals surface area contributed by atoms with Crippen molar-refractivity contribution in [2.75, 3.05) is 12.4 Å². The maximum absolute atomic E-state index is 11.2. The molecule has 0 saturated heterocycles. The summed E-state index contributed by atoms with van der Waals surface area (Å²) in [6, 6.07) is 6.93. The Morgan fingerprint density at radius 3 is 2.45 bits per heavy atom. The van der Waals surface area contributed by atoms with Crippen molar-refractivity contribution in [3.8, 4) is 11.4 Å². The van der Waals surface area contributed by atoms with Crippen LogP contribution in [0.1, 0.15) is 17.4 Å². The Hall–Kier alpha value is -2.83. The van der Waals surface area contributed by atoms with E-state index in [0.717, 1.165) is 0 Å². The van der Waals surface area contributed by atoms with Crippen molar-refractivity contribution in [3.63, 3.8) is 0 Å². The number of carboxylic acids is 1. The first-order chi connectivity index (χ1) is 9.52. The fraction of sp³-hybridized carbons (Fsp3) is 0.154. The van der Waals surface area contributed by atoms with Gasteiger partial charge in [-0.05, 0) is 24.3 Å². The number of aromatic nitrogens is 2. The van der Waals surface area contributed by atoms with Crippen molar-refractivity contribution >= 4 is 17.7 Å². The number of hydrogen-bond acceptors (Lipinski definition) is 4. The normalized spacial score (nSPS) is 10.1. The molecule has 1 aromatic heterocycles. The molecule has 0 atom stereocenters. The summed E-state index contributed by atoms with van der Waals surface area (Å²) in [7, 11) is 1.55. The maximum atomic E-state index is 11.2. The van der Waals surface area contributed by atoms with Gasteiger partial charge in [-0.1, -0.05) is 0 Å². The number of nitrogens with one attached hydrogen (secondary N) is 1. The van der Waals surface area contributed by atoms with Gasteiger partial charge in [0.1, 0.15) is 12.1 Å². The first kappa shape index (κ1) is 13.6. The Morgan fingerprint density at radius 1 is 1.30 bits per heavy atom. The van der Waals surface area contributed by atoms with Gasteiger partial charge in [0.2, 0.25) is 5.91 Å². The third kappa shape index (κ3) is 2.61. The quantitative estimate of drug-likeness (QED) is 0.882. The molecule has 104 valence electrons. The zero-order valence-electron chi connectivity index (χ0n) is 11.0. The SMILES string of the molecule is COc1ccc(-n2cnc(C(=O)O)c2NC(C)=O)cc1. The van der Waals surface area contributed by atoms with Gasteiger partial charge in [0.05, 0.1) is 7.11 Å². The molecule has 7 nitrogen and oxygen atoms in total. The van der Waals surface area contributed by atoms with E-state index in [0.29, 0.717) is 11.4 Å². The van der Waals surface area contributed by atoms with Crippen LogP contribution in [0.2, 0.25) is 0 Å². The molecule has 1 heterocycles. The fourth-order valence-electron chi connectivity index (χ4n) is 1.73. The van der Waals surface area contributed by atoms with Crippen molar-refractivity contribution in [1.82, 2.24) is 9.55 Å². The summed E-state index contributed by atoms with van der Waals surface area (Å²) in [6.07, 6.45) is 1.34. The maximum Gasteiger partial charge on any atom is 0.358 e. The van der Waals surface area contributed by atoms with Gasteiger partial charge in [0.25, 0.3) is 0 Å². The van der Waals surface area contributed by atoms with Crippen molar-refractivity contribution in [2.45, 2.75) is 6.92 Å². The van der Waals surface area contributed by atoms with Gasteiger partial charge in [-0.3, -0.25) is 9.36 Å². The smallest absolute Gasteiger partial charge is 0.358 e. The average molecular weight is 275 g/mol. The Labute approximate surface area is 114 Å². The third-order valence-corrected chi connectivity index (χ3v) is 2.62. The lowest BCUT2D eigenvalue weighted by atomic mass is 10.3. The van der Waals surface area contributed by atoms with Crippen molar-refractivity contribution in [3.05, 3.63) is 36.3 Å². The first-order valence-electron chi connectivity index (χ1n) is 5.75. The van der Waals surface area contributed by atoms with Crippen molar-refractivity contribution < 1.29 is 19.4 Å². The van der Waals surface area contributed by atoms with Gasteiger partial charge >= 0.3 is 5.97 Å². The lowest BCUT2D eigenvalue weighted by molar-refractivity contribution is -0.114. The number of ether oxygens (including phenoxy) is 1. The van der Waals surface area contributed by atoms with Gasteiger partial charge in [-0.2, -0.15) is 0 Å².